The fourth-order valence-corrected chi connectivity index (χ4v) is 4.10. The van der Waals surface area contributed by atoms with Crippen LogP contribution in [-0.4, -0.2) is 24.3 Å². The highest BCUT2D eigenvalue weighted by Crippen LogP contribution is 2.30. The van der Waals surface area contributed by atoms with Gasteiger partial charge in [0.1, 0.15) is 6.54 Å². The molecule has 5 rings (SSSR count). The van der Waals surface area contributed by atoms with Gasteiger partial charge < -0.3 is 10.6 Å². The third kappa shape index (κ3) is 4.96. The van der Waals surface area contributed by atoms with E-state index in [-0.39, 0.29) is 30.7 Å². The molecule has 1 heterocycles. The van der Waals surface area contributed by atoms with Crippen LogP contribution in [0.15, 0.2) is 103 Å². The molecular formula is C29H23N3O3. The van der Waals surface area contributed by atoms with E-state index in [2.05, 4.69) is 22.8 Å². The summed E-state index contributed by atoms with van der Waals surface area (Å²) < 4.78 is 0. The van der Waals surface area contributed by atoms with Gasteiger partial charge in [-0.15, -0.1) is 0 Å². The Morgan fingerprint density at radius 1 is 0.771 bits per heavy atom. The number of rotatable bonds is 5. The van der Waals surface area contributed by atoms with Crippen molar-refractivity contribution >= 4 is 34.8 Å². The lowest BCUT2D eigenvalue weighted by atomic mass is 10.0. The number of hydrogen-bond acceptors (Lipinski definition) is 3. The van der Waals surface area contributed by atoms with Crippen LogP contribution in [0, 0.1) is 0 Å². The molecule has 0 unspecified atom stereocenters. The van der Waals surface area contributed by atoms with E-state index in [1.807, 2.05) is 54.6 Å². The van der Waals surface area contributed by atoms with Crippen LogP contribution in [0.1, 0.15) is 15.9 Å². The average molecular weight is 462 g/mol. The Labute approximate surface area is 203 Å². The first-order valence-corrected chi connectivity index (χ1v) is 11.3. The topological polar surface area (TPSA) is 78.5 Å². The monoisotopic (exact) mass is 461 g/mol. The number of hydrogen-bond donors (Lipinski definition) is 2. The molecule has 4 aromatic rings. The van der Waals surface area contributed by atoms with Crippen molar-refractivity contribution in [2.75, 3.05) is 22.1 Å². The number of benzene rings is 4. The Morgan fingerprint density at radius 2 is 1.43 bits per heavy atom. The van der Waals surface area contributed by atoms with E-state index in [9.17, 15) is 14.4 Å². The zero-order chi connectivity index (χ0) is 24.2. The summed E-state index contributed by atoms with van der Waals surface area (Å²) in [6, 6.07) is 31.9. The minimum atomic E-state index is -0.274. The number of nitrogens with one attached hydrogen (secondary N) is 2. The molecule has 6 heteroatoms. The maximum atomic E-state index is 13.1. The molecule has 0 spiro atoms. The van der Waals surface area contributed by atoms with Gasteiger partial charge in [0.05, 0.1) is 17.8 Å². The van der Waals surface area contributed by atoms with Gasteiger partial charge >= 0.3 is 0 Å². The molecule has 3 amide bonds. The molecule has 0 radical (unpaired) electrons. The van der Waals surface area contributed by atoms with Crippen molar-refractivity contribution in [2.45, 2.75) is 6.42 Å². The molecule has 4 aromatic carbocycles. The van der Waals surface area contributed by atoms with Gasteiger partial charge in [-0.05, 0) is 53.1 Å². The molecule has 0 saturated heterocycles. The number of nitrogens with zero attached hydrogens (tertiary/aromatic N) is 1. The summed E-state index contributed by atoms with van der Waals surface area (Å²) in [5.74, 6) is -0.653. The van der Waals surface area contributed by atoms with Gasteiger partial charge in [-0.25, -0.2) is 0 Å². The van der Waals surface area contributed by atoms with Gasteiger partial charge in [0, 0.05) is 11.3 Å². The lowest BCUT2D eigenvalue weighted by Crippen LogP contribution is -2.42. The van der Waals surface area contributed by atoms with Crippen molar-refractivity contribution in [3.05, 3.63) is 114 Å². The summed E-state index contributed by atoms with van der Waals surface area (Å²) >= 11 is 0. The van der Waals surface area contributed by atoms with Crippen molar-refractivity contribution in [2.24, 2.45) is 0 Å². The third-order valence-corrected chi connectivity index (χ3v) is 5.86. The van der Waals surface area contributed by atoms with Crippen molar-refractivity contribution < 1.29 is 14.4 Å². The van der Waals surface area contributed by atoms with Gasteiger partial charge in [-0.2, -0.15) is 0 Å². The van der Waals surface area contributed by atoms with Crippen molar-refractivity contribution in [1.29, 1.82) is 0 Å². The summed E-state index contributed by atoms with van der Waals surface area (Å²) in [6.07, 6.45) is 0.245. The molecule has 1 aliphatic heterocycles. The minimum absolute atomic E-state index is 0.0442. The van der Waals surface area contributed by atoms with E-state index >= 15 is 0 Å². The van der Waals surface area contributed by atoms with Crippen LogP contribution >= 0.6 is 0 Å². The summed E-state index contributed by atoms with van der Waals surface area (Å²) in [6.45, 7) is -0.0442. The normalized spacial score (nSPS) is 12.5. The SMILES string of the molecule is O=C(Cc1ccc(-c2ccccc2)cc1)Nc1ccc(C(=O)N2CC(=O)Nc3ccccc32)cc1. The molecule has 1 aliphatic rings. The third-order valence-electron chi connectivity index (χ3n) is 5.86. The van der Waals surface area contributed by atoms with Crippen LogP contribution in [0.3, 0.4) is 0 Å². The Kier molecular flexibility index (Phi) is 6.09. The number of anilines is 3. The maximum Gasteiger partial charge on any atom is 0.258 e. The van der Waals surface area contributed by atoms with Gasteiger partial charge in [0.2, 0.25) is 11.8 Å². The standard InChI is InChI=1S/C29H23N3O3/c33-27(18-20-10-12-22(13-11-20)21-6-2-1-3-7-21)30-24-16-14-23(15-17-24)29(35)32-19-28(34)31-25-8-4-5-9-26(25)32/h1-17H,18-19H2,(H,30,33)(H,31,34). The maximum absolute atomic E-state index is 13.1. The largest absolute Gasteiger partial charge is 0.326 e. The van der Waals surface area contributed by atoms with Crippen LogP contribution in [0.5, 0.6) is 0 Å². The van der Waals surface area contributed by atoms with E-state index in [4.69, 9.17) is 0 Å². The molecule has 0 bridgehead atoms. The molecule has 2 N–H and O–H groups in total. The summed E-state index contributed by atoms with van der Waals surface area (Å²) in [5.41, 5.74) is 5.45. The average Bonchev–Trinajstić information content (AvgIpc) is 2.89. The first kappa shape index (κ1) is 22.1. The van der Waals surface area contributed by atoms with Gasteiger partial charge in [-0.1, -0.05) is 66.7 Å². The number of carbonyl (C=O) groups excluding carboxylic acids is 3. The van der Waals surface area contributed by atoms with E-state index in [1.54, 1.807) is 36.4 Å². The van der Waals surface area contributed by atoms with Gasteiger partial charge in [0.15, 0.2) is 0 Å². The fraction of sp³-hybridized carbons (Fsp3) is 0.0690. The highest BCUT2D eigenvalue weighted by atomic mass is 16.2. The number of amides is 3. The zero-order valence-electron chi connectivity index (χ0n) is 18.9. The zero-order valence-corrected chi connectivity index (χ0v) is 18.9. The molecular weight excluding hydrogens is 438 g/mol. The second-order valence-corrected chi connectivity index (χ2v) is 8.32. The van der Waals surface area contributed by atoms with Crippen LogP contribution in [0.2, 0.25) is 0 Å². The lowest BCUT2D eigenvalue weighted by Gasteiger charge is -2.29. The second kappa shape index (κ2) is 9.65. The predicted octanol–water partition coefficient (Wildman–Crippen LogP) is 5.13. The summed E-state index contributed by atoms with van der Waals surface area (Å²) in [5, 5.41) is 5.65. The molecule has 0 aliphatic carbocycles. The van der Waals surface area contributed by atoms with Crippen molar-refractivity contribution in [1.82, 2.24) is 0 Å². The highest BCUT2D eigenvalue weighted by Gasteiger charge is 2.27. The van der Waals surface area contributed by atoms with Crippen molar-refractivity contribution in [3.63, 3.8) is 0 Å². The Balaban J connectivity index is 1.22. The second-order valence-electron chi connectivity index (χ2n) is 8.32. The number of para-hydroxylation sites is 2. The van der Waals surface area contributed by atoms with E-state index in [1.165, 1.54) is 4.90 Å². The smallest absolute Gasteiger partial charge is 0.258 e. The van der Waals surface area contributed by atoms with E-state index in [0.29, 0.717) is 22.6 Å². The first-order valence-electron chi connectivity index (χ1n) is 11.3. The number of carbonyl (C=O) groups is 3. The lowest BCUT2D eigenvalue weighted by molar-refractivity contribution is -0.116. The van der Waals surface area contributed by atoms with Crippen molar-refractivity contribution in [3.8, 4) is 11.1 Å². The number of fused-ring (bicyclic) bond motifs is 1. The van der Waals surface area contributed by atoms with Crippen LogP contribution in [-0.2, 0) is 16.0 Å². The van der Waals surface area contributed by atoms with E-state index in [0.717, 1.165) is 16.7 Å². The predicted molar refractivity (Wildman–Crippen MR) is 137 cm³/mol. The molecule has 0 atom stereocenters. The fourth-order valence-electron chi connectivity index (χ4n) is 4.10. The van der Waals surface area contributed by atoms with E-state index < -0.39 is 0 Å². The molecule has 0 saturated carbocycles. The Bertz CT molecular complexity index is 1380. The van der Waals surface area contributed by atoms with Gasteiger partial charge in [-0.3, -0.25) is 19.3 Å². The quantitative estimate of drug-likeness (QED) is 0.432. The Morgan fingerprint density at radius 3 is 2.17 bits per heavy atom. The van der Waals surface area contributed by atoms with Gasteiger partial charge in [0.25, 0.3) is 5.91 Å². The van der Waals surface area contributed by atoms with Crippen LogP contribution < -0.4 is 15.5 Å². The molecule has 35 heavy (non-hydrogen) atoms. The van der Waals surface area contributed by atoms with Crippen LogP contribution in [0.4, 0.5) is 17.1 Å². The van der Waals surface area contributed by atoms with Crippen LogP contribution in [0.25, 0.3) is 11.1 Å². The highest BCUT2D eigenvalue weighted by molar-refractivity contribution is 6.15. The molecule has 172 valence electrons. The Hall–Kier alpha value is -4.71. The minimum Gasteiger partial charge on any atom is -0.326 e. The molecule has 0 fully saturated rings. The summed E-state index contributed by atoms with van der Waals surface area (Å²) in [4.78, 5) is 39.1. The molecule has 6 nitrogen and oxygen atoms in total. The summed E-state index contributed by atoms with van der Waals surface area (Å²) in [7, 11) is 0. The first-order chi connectivity index (χ1) is 17.1. The molecule has 0 aromatic heterocycles.